The van der Waals surface area contributed by atoms with Crippen LogP contribution in [0.1, 0.15) is 24.5 Å². The average Bonchev–Trinajstić information content (AvgIpc) is 3.05. The Balaban J connectivity index is 0.00000338. The van der Waals surface area contributed by atoms with Gasteiger partial charge in [0.15, 0.2) is 11.7 Å². The predicted molar refractivity (Wildman–Crippen MR) is 107 cm³/mol. The van der Waals surface area contributed by atoms with E-state index in [2.05, 4.69) is 39.4 Å². The van der Waals surface area contributed by atoms with E-state index in [4.69, 9.17) is 4.74 Å². The quantitative estimate of drug-likeness (QED) is 0.365. The van der Waals surface area contributed by atoms with Gasteiger partial charge in [-0.2, -0.15) is 13.2 Å². The second kappa shape index (κ2) is 10.0. The van der Waals surface area contributed by atoms with E-state index in [-0.39, 0.29) is 36.1 Å². The predicted octanol–water partition coefficient (Wildman–Crippen LogP) is 2.56. The van der Waals surface area contributed by atoms with Crippen LogP contribution in [0.3, 0.4) is 0 Å². The molecular weight excluding hydrogens is 482 g/mol. The Morgan fingerprint density at radius 3 is 2.50 bits per heavy atom. The smallest absolute Gasteiger partial charge is 0.379 e. The lowest BCUT2D eigenvalue weighted by Gasteiger charge is -2.41. The molecule has 0 spiro atoms. The molecule has 1 aliphatic rings. The van der Waals surface area contributed by atoms with Gasteiger partial charge in [0.05, 0.1) is 19.8 Å². The van der Waals surface area contributed by atoms with Crippen molar-refractivity contribution >= 4 is 41.3 Å². The second-order valence-electron chi connectivity index (χ2n) is 6.32. The Kier molecular flexibility index (Phi) is 9.03. The minimum absolute atomic E-state index is 0. The minimum Gasteiger partial charge on any atom is -0.379 e. The summed E-state index contributed by atoms with van der Waals surface area (Å²) >= 11 is 0.977. The van der Waals surface area contributed by atoms with E-state index in [0.29, 0.717) is 17.5 Å². The highest BCUT2D eigenvalue weighted by molar-refractivity contribution is 14.0. The van der Waals surface area contributed by atoms with Gasteiger partial charge in [-0.25, -0.2) is 4.98 Å². The molecule has 0 radical (unpaired) electrons. The molecule has 1 aromatic rings. The topological polar surface area (TPSA) is 61.8 Å². The van der Waals surface area contributed by atoms with E-state index in [1.165, 1.54) is 0 Å². The number of aliphatic imine (C=N–C) groups is 1. The van der Waals surface area contributed by atoms with Crippen molar-refractivity contribution in [2.75, 3.05) is 39.9 Å². The van der Waals surface area contributed by atoms with Crippen LogP contribution in [0.2, 0.25) is 0 Å². The standard InChI is InChI=1S/C15H24F3N5OS.HI/c1-14(2,23-4-6-24-7-5-23)10-21-13(19-3)20-8-12-22-11(9-25-12)15(16,17)18;/h9H,4-8,10H2,1-3H3,(H2,19,20,21);1H. The first-order chi connectivity index (χ1) is 11.7. The summed E-state index contributed by atoms with van der Waals surface area (Å²) in [7, 11) is 1.63. The van der Waals surface area contributed by atoms with E-state index in [0.717, 1.165) is 43.0 Å². The third kappa shape index (κ3) is 6.82. The van der Waals surface area contributed by atoms with Crippen molar-refractivity contribution in [3.63, 3.8) is 0 Å². The fourth-order valence-corrected chi connectivity index (χ4v) is 3.22. The highest BCUT2D eigenvalue weighted by Gasteiger charge is 2.33. The van der Waals surface area contributed by atoms with Gasteiger partial charge < -0.3 is 15.4 Å². The Morgan fingerprint density at radius 1 is 1.31 bits per heavy atom. The lowest BCUT2D eigenvalue weighted by Crippen LogP contribution is -2.56. The van der Waals surface area contributed by atoms with Gasteiger partial charge in [-0.3, -0.25) is 9.89 Å². The Labute approximate surface area is 172 Å². The highest BCUT2D eigenvalue weighted by Crippen LogP contribution is 2.29. The summed E-state index contributed by atoms with van der Waals surface area (Å²) in [5, 5.41) is 7.61. The number of aromatic nitrogens is 1. The van der Waals surface area contributed by atoms with Gasteiger partial charge in [0.25, 0.3) is 0 Å². The molecule has 0 saturated carbocycles. The molecule has 11 heteroatoms. The molecule has 1 fully saturated rings. The Bertz CT molecular complexity index is 588. The Morgan fingerprint density at radius 2 is 1.96 bits per heavy atom. The molecule has 1 aliphatic heterocycles. The number of guanidine groups is 1. The number of ether oxygens (including phenoxy) is 1. The molecule has 0 unspecified atom stereocenters. The number of nitrogens with zero attached hydrogens (tertiary/aromatic N) is 3. The summed E-state index contributed by atoms with van der Waals surface area (Å²) in [6, 6.07) is 0. The number of halogens is 4. The van der Waals surface area contributed by atoms with Crippen LogP contribution in [0.4, 0.5) is 13.2 Å². The molecule has 2 rings (SSSR count). The molecule has 0 atom stereocenters. The van der Waals surface area contributed by atoms with Gasteiger partial charge in [-0.15, -0.1) is 35.3 Å². The fourth-order valence-electron chi connectivity index (χ4n) is 2.48. The maximum Gasteiger partial charge on any atom is 0.434 e. The number of alkyl halides is 3. The number of hydrogen-bond acceptors (Lipinski definition) is 5. The number of rotatable bonds is 5. The number of thiazole rings is 1. The van der Waals surface area contributed by atoms with Gasteiger partial charge >= 0.3 is 6.18 Å². The lowest BCUT2D eigenvalue weighted by atomic mass is 10.0. The summed E-state index contributed by atoms with van der Waals surface area (Å²) in [6.07, 6.45) is -4.41. The van der Waals surface area contributed by atoms with Crippen LogP contribution in [-0.2, 0) is 17.5 Å². The molecule has 26 heavy (non-hydrogen) atoms. The van der Waals surface area contributed by atoms with E-state index < -0.39 is 11.9 Å². The fraction of sp³-hybridized carbons (Fsp3) is 0.733. The number of morpholine rings is 1. The van der Waals surface area contributed by atoms with Crippen LogP contribution in [0, 0.1) is 0 Å². The Hall–Kier alpha value is -0.660. The van der Waals surface area contributed by atoms with Crippen LogP contribution < -0.4 is 10.6 Å². The zero-order chi connectivity index (χ0) is 18.5. The molecule has 2 N–H and O–H groups in total. The van der Waals surface area contributed by atoms with E-state index >= 15 is 0 Å². The summed E-state index contributed by atoms with van der Waals surface area (Å²) in [5.41, 5.74) is -0.947. The summed E-state index contributed by atoms with van der Waals surface area (Å²) < 4.78 is 43.1. The third-order valence-electron chi connectivity index (χ3n) is 4.03. The first-order valence-corrected chi connectivity index (χ1v) is 8.89. The van der Waals surface area contributed by atoms with Crippen molar-refractivity contribution in [2.24, 2.45) is 4.99 Å². The molecule has 1 aromatic heterocycles. The van der Waals surface area contributed by atoms with E-state index in [1.807, 2.05) is 0 Å². The monoisotopic (exact) mass is 507 g/mol. The van der Waals surface area contributed by atoms with Gasteiger partial charge in [0.1, 0.15) is 5.01 Å². The summed E-state index contributed by atoms with van der Waals surface area (Å²) in [4.78, 5) is 10.0. The first-order valence-electron chi connectivity index (χ1n) is 8.01. The van der Waals surface area contributed by atoms with Crippen LogP contribution >= 0.6 is 35.3 Å². The summed E-state index contributed by atoms with van der Waals surface area (Å²) in [6.45, 7) is 8.31. The largest absolute Gasteiger partial charge is 0.434 e. The normalized spacial score (nSPS) is 16.9. The molecule has 0 aliphatic carbocycles. The van der Waals surface area contributed by atoms with Gasteiger partial charge in [0, 0.05) is 37.6 Å². The third-order valence-corrected chi connectivity index (χ3v) is 4.88. The SMILES string of the molecule is CN=C(NCc1nc(C(F)(F)F)cs1)NCC(C)(C)N1CCOCC1.I. The molecule has 0 aromatic carbocycles. The van der Waals surface area contributed by atoms with E-state index in [1.54, 1.807) is 7.05 Å². The molecule has 0 amide bonds. The lowest BCUT2D eigenvalue weighted by molar-refractivity contribution is -0.140. The molecule has 2 heterocycles. The summed E-state index contributed by atoms with van der Waals surface area (Å²) in [5.74, 6) is 0.532. The van der Waals surface area contributed by atoms with Crippen molar-refractivity contribution in [2.45, 2.75) is 32.1 Å². The number of hydrogen-bond donors (Lipinski definition) is 2. The zero-order valence-corrected chi connectivity index (χ0v) is 18.2. The van der Waals surface area contributed by atoms with Crippen molar-refractivity contribution in [3.05, 3.63) is 16.1 Å². The second-order valence-corrected chi connectivity index (χ2v) is 7.26. The molecule has 6 nitrogen and oxygen atoms in total. The van der Waals surface area contributed by atoms with Crippen LogP contribution in [0.15, 0.2) is 10.4 Å². The van der Waals surface area contributed by atoms with Crippen molar-refractivity contribution < 1.29 is 17.9 Å². The van der Waals surface area contributed by atoms with Gasteiger partial charge in [-0.05, 0) is 13.8 Å². The maximum absolute atomic E-state index is 12.6. The van der Waals surface area contributed by atoms with Crippen molar-refractivity contribution in [1.29, 1.82) is 0 Å². The maximum atomic E-state index is 12.6. The highest BCUT2D eigenvalue weighted by atomic mass is 127. The average molecular weight is 507 g/mol. The van der Waals surface area contributed by atoms with Crippen molar-refractivity contribution in [3.8, 4) is 0 Å². The molecular formula is C15H25F3IN5OS. The minimum atomic E-state index is -4.41. The van der Waals surface area contributed by atoms with Crippen LogP contribution in [0.25, 0.3) is 0 Å². The van der Waals surface area contributed by atoms with Gasteiger partial charge in [0.2, 0.25) is 0 Å². The first kappa shape index (κ1) is 23.4. The van der Waals surface area contributed by atoms with Crippen molar-refractivity contribution in [1.82, 2.24) is 20.5 Å². The zero-order valence-electron chi connectivity index (χ0n) is 15.0. The number of nitrogens with one attached hydrogen (secondary N) is 2. The van der Waals surface area contributed by atoms with E-state index in [9.17, 15) is 13.2 Å². The molecule has 0 bridgehead atoms. The van der Waals surface area contributed by atoms with Crippen LogP contribution in [0.5, 0.6) is 0 Å². The van der Waals surface area contributed by atoms with Crippen LogP contribution in [-0.4, -0.2) is 61.3 Å². The van der Waals surface area contributed by atoms with Gasteiger partial charge in [-0.1, -0.05) is 0 Å². The molecule has 1 saturated heterocycles. The molecule has 150 valence electrons.